The van der Waals surface area contributed by atoms with E-state index in [1.165, 1.54) is 11.3 Å². The number of aromatic nitrogens is 3. The first kappa shape index (κ1) is 13.0. The molecule has 96 valence electrons. The Hall–Kier alpha value is -1.40. The Kier molecular flexibility index (Phi) is 3.98. The SMILES string of the molecule is CN(Cc1cnn(C)c1)c1nc(C(=O)CCl)cs1. The summed E-state index contributed by atoms with van der Waals surface area (Å²) in [7, 11) is 3.81. The van der Waals surface area contributed by atoms with Crippen LogP contribution in [0.2, 0.25) is 0 Å². The number of ketones is 1. The van der Waals surface area contributed by atoms with Gasteiger partial charge in [-0.1, -0.05) is 0 Å². The zero-order valence-electron chi connectivity index (χ0n) is 10.1. The van der Waals surface area contributed by atoms with Crippen LogP contribution in [0.3, 0.4) is 0 Å². The number of rotatable bonds is 5. The van der Waals surface area contributed by atoms with Crippen LogP contribution in [-0.2, 0) is 13.6 Å². The predicted molar refractivity (Wildman–Crippen MR) is 72.5 cm³/mol. The van der Waals surface area contributed by atoms with Crippen molar-refractivity contribution in [1.29, 1.82) is 0 Å². The monoisotopic (exact) mass is 284 g/mol. The van der Waals surface area contributed by atoms with Crippen molar-refractivity contribution >= 4 is 33.9 Å². The zero-order chi connectivity index (χ0) is 13.1. The summed E-state index contributed by atoms with van der Waals surface area (Å²) in [5, 5.41) is 6.65. The molecule has 18 heavy (non-hydrogen) atoms. The van der Waals surface area contributed by atoms with Crippen LogP contribution in [0.1, 0.15) is 16.1 Å². The van der Waals surface area contributed by atoms with Crippen molar-refractivity contribution in [3.8, 4) is 0 Å². The van der Waals surface area contributed by atoms with Crippen molar-refractivity contribution in [3.05, 3.63) is 29.0 Å². The van der Waals surface area contributed by atoms with Gasteiger partial charge in [0.05, 0.1) is 12.1 Å². The van der Waals surface area contributed by atoms with E-state index in [1.807, 2.05) is 31.4 Å². The molecule has 5 nitrogen and oxygen atoms in total. The number of hydrogen-bond acceptors (Lipinski definition) is 5. The van der Waals surface area contributed by atoms with Gasteiger partial charge in [-0.25, -0.2) is 4.98 Å². The molecule has 0 saturated heterocycles. The Morgan fingerprint density at radius 1 is 1.61 bits per heavy atom. The van der Waals surface area contributed by atoms with Crippen molar-refractivity contribution < 1.29 is 4.79 Å². The molecular weight excluding hydrogens is 272 g/mol. The van der Waals surface area contributed by atoms with Crippen molar-refractivity contribution in [2.45, 2.75) is 6.54 Å². The second kappa shape index (κ2) is 5.49. The smallest absolute Gasteiger partial charge is 0.196 e. The Morgan fingerprint density at radius 3 is 3.00 bits per heavy atom. The second-order valence-electron chi connectivity index (χ2n) is 3.95. The molecule has 0 aliphatic heterocycles. The largest absolute Gasteiger partial charge is 0.347 e. The third kappa shape index (κ3) is 2.88. The van der Waals surface area contributed by atoms with E-state index in [9.17, 15) is 4.79 Å². The Balaban J connectivity index is 2.07. The molecule has 0 fully saturated rings. The molecule has 0 radical (unpaired) electrons. The van der Waals surface area contributed by atoms with Crippen molar-refractivity contribution in [3.63, 3.8) is 0 Å². The van der Waals surface area contributed by atoms with Crippen LogP contribution in [0.4, 0.5) is 5.13 Å². The third-order valence-corrected chi connectivity index (χ3v) is 3.60. The maximum Gasteiger partial charge on any atom is 0.196 e. The molecule has 0 aliphatic rings. The van der Waals surface area contributed by atoms with Gasteiger partial charge in [0.25, 0.3) is 0 Å². The van der Waals surface area contributed by atoms with Gasteiger partial charge in [0.2, 0.25) is 0 Å². The summed E-state index contributed by atoms with van der Waals surface area (Å²) in [6, 6.07) is 0. The van der Waals surface area contributed by atoms with Gasteiger partial charge < -0.3 is 4.90 Å². The number of Topliss-reactive ketones (excluding diaryl/α,β-unsaturated/α-hetero) is 1. The van der Waals surface area contributed by atoms with Crippen molar-refractivity contribution in [2.75, 3.05) is 17.8 Å². The number of alkyl halides is 1. The fourth-order valence-corrected chi connectivity index (χ4v) is 2.46. The maximum atomic E-state index is 11.4. The molecular formula is C11H13ClN4OS. The number of anilines is 1. The highest BCUT2D eigenvalue weighted by molar-refractivity contribution is 7.13. The van der Waals surface area contributed by atoms with Gasteiger partial charge in [0, 0.05) is 37.8 Å². The van der Waals surface area contributed by atoms with Crippen LogP contribution in [0.15, 0.2) is 17.8 Å². The molecule has 0 bridgehead atoms. The first-order chi connectivity index (χ1) is 8.60. The summed E-state index contributed by atoms with van der Waals surface area (Å²) in [5.41, 5.74) is 1.53. The zero-order valence-corrected chi connectivity index (χ0v) is 11.7. The third-order valence-electron chi connectivity index (χ3n) is 2.40. The second-order valence-corrected chi connectivity index (χ2v) is 5.05. The topological polar surface area (TPSA) is 51.0 Å². The molecule has 2 aromatic rings. The lowest BCUT2D eigenvalue weighted by Gasteiger charge is -2.13. The van der Waals surface area contributed by atoms with Crippen LogP contribution < -0.4 is 4.90 Å². The van der Waals surface area contributed by atoms with E-state index < -0.39 is 0 Å². The summed E-state index contributed by atoms with van der Waals surface area (Å²) < 4.78 is 1.76. The van der Waals surface area contributed by atoms with Gasteiger partial charge in [-0.15, -0.1) is 22.9 Å². The van der Waals surface area contributed by atoms with Crippen LogP contribution >= 0.6 is 22.9 Å². The summed E-state index contributed by atoms with van der Waals surface area (Å²) in [4.78, 5) is 17.6. The molecule has 0 aliphatic carbocycles. The molecule has 2 rings (SSSR count). The van der Waals surface area contributed by atoms with Gasteiger partial charge in [0.1, 0.15) is 5.69 Å². The van der Waals surface area contributed by atoms with E-state index >= 15 is 0 Å². The quantitative estimate of drug-likeness (QED) is 0.622. The van der Waals surface area contributed by atoms with Crippen molar-refractivity contribution in [2.24, 2.45) is 7.05 Å². The number of thiazole rings is 1. The Morgan fingerprint density at radius 2 is 2.39 bits per heavy atom. The molecule has 7 heteroatoms. The molecule has 0 aromatic carbocycles. The van der Waals surface area contributed by atoms with E-state index in [1.54, 1.807) is 10.1 Å². The van der Waals surface area contributed by atoms with Gasteiger partial charge in [-0.05, 0) is 0 Å². The van der Waals surface area contributed by atoms with Gasteiger partial charge >= 0.3 is 0 Å². The first-order valence-electron chi connectivity index (χ1n) is 5.33. The minimum absolute atomic E-state index is 0.0322. The van der Waals surface area contributed by atoms with Crippen LogP contribution in [0.5, 0.6) is 0 Å². The van der Waals surface area contributed by atoms with E-state index in [4.69, 9.17) is 11.6 Å². The number of carbonyl (C=O) groups is 1. The number of halogens is 1. The Bertz CT molecular complexity index is 551. The fraction of sp³-hybridized carbons (Fsp3) is 0.364. The fourth-order valence-electron chi connectivity index (χ4n) is 1.53. The Labute approximate surface area is 114 Å². The normalized spacial score (nSPS) is 10.6. The molecule has 0 spiro atoms. The predicted octanol–water partition coefficient (Wildman–Crippen LogP) is 1.93. The average Bonchev–Trinajstić information content (AvgIpc) is 2.97. The number of carbonyl (C=O) groups excluding carboxylic acids is 1. The number of nitrogens with zero attached hydrogens (tertiary/aromatic N) is 4. The summed E-state index contributed by atoms with van der Waals surface area (Å²) >= 11 is 6.93. The number of aryl methyl sites for hydroxylation is 1. The van der Waals surface area contributed by atoms with Crippen LogP contribution in [0.25, 0.3) is 0 Å². The number of hydrogen-bond donors (Lipinski definition) is 0. The first-order valence-corrected chi connectivity index (χ1v) is 6.75. The van der Waals surface area contributed by atoms with Crippen LogP contribution in [0, 0.1) is 0 Å². The molecule has 0 unspecified atom stereocenters. The average molecular weight is 285 g/mol. The summed E-state index contributed by atoms with van der Waals surface area (Å²) in [5.74, 6) is -0.177. The summed E-state index contributed by atoms with van der Waals surface area (Å²) in [6.07, 6.45) is 3.77. The molecule has 2 heterocycles. The summed E-state index contributed by atoms with van der Waals surface area (Å²) in [6.45, 7) is 0.704. The minimum atomic E-state index is -0.144. The van der Waals surface area contributed by atoms with Gasteiger partial charge in [-0.2, -0.15) is 5.10 Å². The van der Waals surface area contributed by atoms with Gasteiger partial charge in [0.15, 0.2) is 10.9 Å². The van der Waals surface area contributed by atoms with Crippen LogP contribution in [-0.4, -0.2) is 33.5 Å². The van der Waals surface area contributed by atoms with Crippen molar-refractivity contribution in [1.82, 2.24) is 14.8 Å². The molecule has 0 amide bonds. The molecule has 0 N–H and O–H groups in total. The molecule has 0 atom stereocenters. The lowest BCUT2D eigenvalue weighted by molar-refractivity contribution is 0.101. The van der Waals surface area contributed by atoms with E-state index in [0.717, 1.165) is 10.7 Å². The highest BCUT2D eigenvalue weighted by Crippen LogP contribution is 2.21. The lowest BCUT2D eigenvalue weighted by Crippen LogP contribution is -2.16. The van der Waals surface area contributed by atoms with Gasteiger partial charge in [-0.3, -0.25) is 9.48 Å². The maximum absolute atomic E-state index is 11.4. The highest BCUT2D eigenvalue weighted by atomic mass is 35.5. The lowest BCUT2D eigenvalue weighted by atomic mass is 10.3. The minimum Gasteiger partial charge on any atom is -0.347 e. The standard InChI is InChI=1S/C11H13ClN4OS/c1-15(5-8-4-13-16(2)6-8)11-14-9(7-18-11)10(17)3-12/h4,6-7H,3,5H2,1-2H3. The highest BCUT2D eigenvalue weighted by Gasteiger charge is 2.12. The molecule has 2 aromatic heterocycles. The van der Waals surface area contributed by atoms with E-state index in [-0.39, 0.29) is 11.7 Å². The van der Waals surface area contributed by atoms with E-state index in [2.05, 4.69) is 10.1 Å². The molecule has 0 saturated carbocycles. The van der Waals surface area contributed by atoms with E-state index in [0.29, 0.717) is 12.2 Å².